The molecule has 18 heavy (non-hydrogen) atoms. The maximum absolute atomic E-state index is 12.1. The van der Waals surface area contributed by atoms with Crippen molar-refractivity contribution in [3.8, 4) is 0 Å². The second kappa shape index (κ2) is 4.61. The monoisotopic (exact) mass is 264 g/mol. The lowest BCUT2D eigenvalue weighted by molar-refractivity contribution is 0.601. The standard InChI is InChI=1S/C11H12N4O2S/c1-8-2-9(12)4-11(3-8)18(16,17)15-10-5-13-7-14-6-10/h2-7,15H,12H2,1H3. The number of anilines is 2. The first-order valence-electron chi connectivity index (χ1n) is 5.12. The maximum Gasteiger partial charge on any atom is 0.262 e. The fourth-order valence-corrected chi connectivity index (χ4v) is 2.66. The smallest absolute Gasteiger partial charge is 0.262 e. The number of hydrogen-bond acceptors (Lipinski definition) is 5. The van der Waals surface area contributed by atoms with Gasteiger partial charge >= 0.3 is 0 Å². The van der Waals surface area contributed by atoms with Gasteiger partial charge in [-0.2, -0.15) is 0 Å². The lowest BCUT2D eigenvalue weighted by Crippen LogP contribution is -2.13. The van der Waals surface area contributed by atoms with Gasteiger partial charge < -0.3 is 5.73 Å². The SMILES string of the molecule is Cc1cc(N)cc(S(=O)(=O)Nc2cncnc2)c1. The zero-order valence-corrected chi connectivity index (χ0v) is 10.5. The lowest BCUT2D eigenvalue weighted by Gasteiger charge is -2.08. The van der Waals surface area contributed by atoms with E-state index >= 15 is 0 Å². The molecule has 7 heteroatoms. The predicted octanol–water partition coefficient (Wildman–Crippen LogP) is 1.17. The Morgan fingerprint density at radius 1 is 1.17 bits per heavy atom. The number of benzene rings is 1. The summed E-state index contributed by atoms with van der Waals surface area (Å²) in [5, 5.41) is 0. The first-order valence-corrected chi connectivity index (χ1v) is 6.61. The van der Waals surface area contributed by atoms with E-state index < -0.39 is 10.0 Å². The highest BCUT2D eigenvalue weighted by Gasteiger charge is 2.15. The Kier molecular flexibility index (Phi) is 3.15. The fourth-order valence-electron chi connectivity index (χ4n) is 1.50. The van der Waals surface area contributed by atoms with Gasteiger partial charge in [0.25, 0.3) is 10.0 Å². The van der Waals surface area contributed by atoms with Crippen LogP contribution in [0.4, 0.5) is 11.4 Å². The van der Waals surface area contributed by atoms with Crippen molar-refractivity contribution >= 4 is 21.4 Å². The van der Waals surface area contributed by atoms with Gasteiger partial charge in [-0.05, 0) is 30.7 Å². The number of nitrogens with one attached hydrogen (secondary N) is 1. The van der Waals surface area contributed by atoms with Crippen molar-refractivity contribution in [2.75, 3.05) is 10.5 Å². The van der Waals surface area contributed by atoms with E-state index in [4.69, 9.17) is 5.73 Å². The molecule has 0 atom stereocenters. The summed E-state index contributed by atoms with van der Waals surface area (Å²) in [5.41, 5.74) is 7.12. The first-order chi connectivity index (χ1) is 8.47. The van der Waals surface area contributed by atoms with Gasteiger partial charge in [-0.3, -0.25) is 4.72 Å². The molecule has 0 amide bonds. The van der Waals surface area contributed by atoms with E-state index in [1.54, 1.807) is 19.1 Å². The number of nitrogens with two attached hydrogens (primary N) is 1. The summed E-state index contributed by atoms with van der Waals surface area (Å²) in [6.07, 6.45) is 4.08. The largest absolute Gasteiger partial charge is 0.399 e. The van der Waals surface area contributed by atoms with Crippen LogP contribution in [0.15, 0.2) is 41.8 Å². The van der Waals surface area contributed by atoms with Crippen LogP contribution < -0.4 is 10.5 Å². The van der Waals surface area contributed by atoms with Crippen molar-refractivity contribution < 1.29 is 8.42 Å². The van der Waals surface area contributed by atoms with Gasteiger partial charge in [0.2, 0.25) is 0 Å². The van der Waals surface area contributed by atoms with E-state index in [0.717, 1.165) is 5.56 Å². The number of aryl methyl sites for hydroxylation is 1. The molecule has 0 aliphatic carbocycles. The van der Waals surface area contributed by atoms with Crippen LogP contribution >= 0.6 is 0 Å². The molecule has 0 saturated heterocycles. The average Bonchev–Trinajstić information content (AvgIpc) is 2.28. The van der Waals surface area contributed by atoms with Gasteiger partial charge in [0.1, 0.15) is 6.33 Å². The quantitative estimate of drug-likeness (QED) is 0.811. The molecule has 6 nitrogen and oxygen atoms in total. The molecule has 0 spiro atoms. The summed E-state index contributed by atoms with van der Waals surface area (Å²) >= 11 is 0. The van der Waals surface area contributed by atoms with Gasteiger partial charge in [0, 0.05) is 5.69 Å². The number of aromatic nitrogens is 2. The molecule has 0 unspecified atom stereocenters. The van der Waals surface area contributed by atoms with Crippen molar-refractivity contribution in [3.63, 3.8) is 0 Å². The van der Waals surface area contributed by atoms with Crippen LogP contribution in [-0.4, -0.2) is 18.4 Å². The molecule has 1 aromatic carbocycles. The molecule has 0 radical (unpaired) electrons. The van der Waals surface area contributed by atoms with Gasteiger partial charge in [0.05, 0.1) is 23.0 Å². The Bertz CT molecular complexity index is 636. The molecule has 1 aromatic heterocycles. The third-order valence-electron chi connectivity index (χ3n) is 2.20. The molecular weight excluding hydrogens is 252 g/mol. The van der Waals surface area contributed by atoms with Crippen LogP contribution in [0.1, 0.15) is 5.56 Å². The van der Waals surface area contributed by atoms with Crippen molar-refractivity contribution in [1.82, 2.24) is 9.97 Å². The molecule has 0 aliphatic heterocycles. The Morgan fingerprint density at radius 3 is 2.44 bits per heavy atom. The van der Waals surface area contributed by atoms with E-state index in [-0.39, 0.29) is 4.90 Å². The predicted molar refractivity (Wildman–Crippen MR) is 68.4 cm³/mol. The minimum absolute atomic E-state index is 0.115. The number of hydrogen-bond donors (Lipinski definition) is 2. The summed E-state index contributed by atoms with van der Waals surface area (Å²) in [6, 6.07) is 4.65. The molecular formula is C11H12N4O2S. The van der Waals surface area contributed by atoms with E-state index in [0.29, 0.717) is 11.4 Å². The summed E-state index contributed by atoms with van der Waals surface area (Å²) in [5.74, 6) is 0. The highest BCUT2D eigenvalue weighted by molar-refractivity contribution is 7.92. The average molecular weight is 264 g/mol. The molecule has 2 aromatic rings. The van der Waals surface area contributed by atoms with Gasteiger partial charge in [-0.15, -0.1) is 0 Å². The Labute approximate surface area is 105 Å². The minimum Gasteiger partial charge on any atom is -0.399 e. The van der Waals surface area contributed by atoms with Crippen LogP contribution in [0.3, 0.4) is 0 Å². The topological polar surface area (TPSA) is 98.0 Å². The minimum atomic E-state index is -3.67. The van der Waals surface area contributed by atoms with Crippen LogP contribution in [0.25, 0.3) is 0 Å². The maximum atomic E-state index is 12.1. The Morgan fingerprint density at radius 2 is 1.83 bits per heavy atom. The van der Waals surface area contributed by atoms with Crippen molar-refractivity contribution in [2.24, 2.45) is 0 Å². The number of sulfonamides is 1. The number of rotatable bonds is 3. The van der Waals surface area contributed by atoms with E-state index in [1.165, 1.54) is 24.8 Å². The lowest BCUT2D eigenvalue weighted by atomic mass is 10.2. The summed E-state index contributed by atoms with van der Waals surface area (Å²) in [7, 11) is -3.67. The van der Waals surface area contributed by atoms with Crippen LogP contribution in [0.2, 0.25) is 0 Å². The van der Waals surface area contributed by atoms with Crippen molar-refractivity contribution in [2.45, 2.75) is 11.8 Å². The van der Waals surface area contributed by atoms with E-state index in [1.807, 2.05) is 0 Å². The highest BCUT2D eigenvalue weighted by Crippen LogP contribution is 2.18. The molecule has 3 N–H and O–H groups in total. The van der Waals surface area contributed by atoms with E-state index in [2.05, 4.69) is 14.7 Å². The van der Waals surface area contributed by atoms with Gasteiger partial charge in [-0.25, -0.2) is 18.4 Å². The molecule has 0 saturated carbocycles. The third kappa shape index (κ3) is 2.75. The van der Waals surface area contributed by atoms with Crippen LogP contribution in [-0.2, 0) is 10.0 Å². The Balaban J connectivity index is 2.37. The van der Waals surface area contributed by atoms with Crippen molar-refractivity contribution in [3.05, 3.63) is 42.5 Å². The van der Waals surface area contributed by atoms with Gasteiger partial charge in [0.15, 0.2) is 0 Å². The molecule has 0 bridgehead atoms. The number of nitrogens with zero attached hydrogens (tertiary/aromatic N) is 2. The molecule has 0 aliphatic rings. The second-order valence-electron chi connectivity index (χ2n) is 3.81. The van der Waals surface area contributed by atoms with Crippen LogP contribution in [0, 0.1) is 6.92 Å². The summed E-state index contributed by atoms with van der Waals surface area (Å²) in [6.45, 7) is 1.78. The summed E-state index contributed by atoms with van der Waals surface area (Å²) in [4.78, 5) is 7.58. The fraction of sp³-hybridized carbons (Fsp3) is 0.0909. The summed E-state index contributed by atoms with van der Waals surface area (Å²) < 4.78 is 26.5. The van der Waals surface area contributed by atoms with E-state index in [9.17, 15) is 8.42 Å². The highest BCUT2D eigenvalue weighted by atomic mass is 32.2. The van der Waals surface area contributed by atoms with Gasteiger partial charge in [-0.1, -0.05) is 0 Å². The molecule has 0 fully saturated rings. The number of nitrogen functional groups attached to an aromatic ring is 1. The molecule has 1 heterocycles. The molecule has 94 valence electrons. The molecule has 2 rings (SSSR count). The van der Waals surface area contributed by atoms with Crippen LogP contribution in [0.5, 0.6) is 0 Å². The zero-order chi connectivity index (χ0) is 13.2. The van der Waals surface area contributed by atoms with Crippen molar-refractivity contribution in [1.29, 1.82) is 0 Å². The third-order valence-corrected chi connectivity index (χ3v) is 3.56. The zero-order valence-electron chi connectivity index (χ0n) is 9.66. The second-order valence-corrected chi connectivity index (χ2v) is 5.49. The normalized spacial score (nSPS) is 11.2. The Hall–Kier alpha value is -2.15. The first kappa shape index (κ1) is 12.3.